The van der Waals surface area contributed by atoms with Crippen molar-refractivity contribution in [1.29, 1.82) is 0 Å². The van der Waals surface area contributed by atoms with Crippen molar-refractivity contribution >= 4 is 23.2 Å². The molecule has 5 heteroatoms. The molecule has 22 heavy (non-hydrogen) atoms. The Kier molecular flexibility index (Phi) is 5.67. The summed E-state index contributed by atoms with van der Waals surface area (Å²) in [4.78, 5) is 12.3. The van der Waals surface area contributed by atoms with Crippen LogP contribution >= 0.6 is 11.6 Å². The normalized spacial score (nSPS) is 11.6. The monoisotopic (exact) mass is 319 g/mol. The number of halogens is 1. The fraction of sp³-hybridized carbons (Fsp3) is 0.235. The smallest absolute Gasteiger partial charge is 0.265 e. The molecule has 1 unspecified atom stereocenters. The number of rotatable bonds is 6. The van der Waals surface area contributed by atoms with Crippen molar-refractivity contribution in [1.82, 2.24) is 0 Å². The van der Waals surface area contributed by atoms with E-state index in [4.69, 9.17) is 21.1 Å². The van der Waals surface area contributed by atoms with Crippen molar-refractivity contribution in [3.63, 3.8) is 0 Å². The number of anilines is 1. The quantitative estimate of drug-likeness (QED) is 0.870. The molecule has 0 aliphatic carbocycles. The van der Waals surface area contributed by atoms with Gasteiger partial charge in [-0.2, -0.15) is 0 Å². The van der Waals surface area contributed by atoms with Crippen LogP contribution in [0.3, 0.4) is 0 Å². The maximum Gasteiger partial charge on any atom is 0.265 e. The predicted molar refractivity (Wildman–Crippen MR) is 87.8 cm³/mol. The highest BCUT2D eigenvalue weighted by atomic mass is 35.5. The van der Waals surface area contributed by atoms with E-state index in [1.165, 1.54) is 0 Å². The van der Waals surface area contributed by atoms with Gasteiger partial charge in [-0.3, -0.25) is 4.79 Å². The number of methoxy groups -OCH3 is 1. The highest BCUT2D eigenvalue weighted by Crippen LogP contribution is 2.21. The molecule has 2 aromatic carbocycles. The van der Waals surface area contributed by atoms with E-state index >= 15 is 0 Å². The maximum atomic E-state index is 12.3. The van der Waals surface area contributed by atoms with Gasteiger partial charge in [0, 0.05) is 16.8 Å². The van der Waals surface area contributed by atoms with Crippen LogP contribution in [0.15, 0.2) is 48.5 Å². The topological polar surface area (TPSA) is 47.6 Å². The molecule has 1 atom stereocenters. The van der Waals surface area contributed by atoms with Crippen LogP contribution in [0.4, 0.5) is 5.69 Å². The lowest BCUT2D eigenvalue weighted by Gasteiger charge is -2.17. The minimum Gasteiger partial charge on any atom is -0.497 e. The second kappa shape index (κ2) is 7.71. The van der Waals surface area contributed by atoms with Crippen molar-refractivity contribution in [3.05, 3.63) is 53.6 Å². The number of carbonyl (C=O) groups excluding carboxylic acids is 1. The highest BCUT2D eigenvalue weighted by molar-refractivity contribution is 6.30. The van der Waals surface area contributed by atoms with Crippen LogP contribution in [0.5, 0.6) is 11.5 Å². The zero-order chi connectivity index (χ0) is 15.9. The second-order valence-corrected chi connectivity index (χ2v) is 5.13. The van der Waals surface area contributed by atoms with E-state index in [1.54, 1.807) is 43.5 Å². The van der Waals surface area contributed by atoms with Crippen molar-refractivity contribution < 1.29 is 14.3 Å². The summed E-state index contributed by atoms with van der Waals surface area (Å²) in [6.07, 6.45) is -0.0463. The molecular weight excluding hydrogens is 302 g/mol. The first kappa shape index (κ1) is 16.2. The lowest BCUT2D eigenvalue weighted by atomic mass is 10.2. The van der Waals surface area contributed by atoms with Crippen molar-refractivity contribution in [2.75, 3.05) is 12.4 Å². The molecule has 2 rings (SSSR count). The van der Waals surface area contributed by atoms with Gasteiger partial charge in [-0.05, 0) is 36.8 Å². The molecule has 0 aliphatic rings. The van der Waals surface area contributed by atoms with Gasteiger partial charge in [0.2, 0.25) is 0 Å². The third-order valence-electron chi connectivity index (χ3n) is 3.07. The summed E-state index contributed by atoms with van der Waals surface area (Å²) in [6, 6.07) is 14.2. The van der Waals surface area contributed by atoms with Crippen LogP contribution in [0.25, 0.3) is 0 Å². The Bertz CT molecular complexity index is 645. The minimum atomic E-state index is -0.592. The summed E-state index contributed by atoms with van der Waals surface area (Å²) >= 11 is 5.91. The molecule has 0 bridgehead atoms. The van der Waals surface area contributed by atoms with Gasteiger partial charge in [0.1, 0.15) is 11.5 Å². The Morgan fingerprint density at radius 1 is 1.18 bits per heavy atom. The molecule has 0 saturated carbocycles. The van der Waals surface area contributed by atoms with Gasteiger partial charge in [-0.1, -0.05) is 30.7 Å². The van der Waals surface area contributed by atoms with Crippen LogP contribution in [-0.4, -0.2) is 19.1 Å². The lowest BCUT2D eigenvalue weighted by molar-refractivity contribution is -0.122. The molecule has 0 aromatic heterocycles. The first-order valence-electron chi connectivity index (χ1n) is 6.99. The largest absolute Gasteiger partial charge is 0.497 e. The first-order valence-corrected chi connectivity index (χ1v) is 7.37. The highest BCUT2D eigenvalue weighted by Gasteiger charge is 2.18. The van der Waals surface area contributed by atoms with Gasteiger partial charge < -0.3 is 14.8 Å². The van der Waals surface area contributed by atoms with E-state index in [-0.39, 0.29) is 5.91 Å². The van der Waals surface area contributed by atoms with Gasteiger partial charge in [0.15, 0.2) is 6.10 Å². The van der Waals surface area contributed by atoms with Crippen LogP contribution < -0.4 is 14.8 Å². The van der Waals surface area contributed by atoms with Crippen LogP contribution in [0.2, 0.25) is 5.02 Å². The van der Waals surface area contributed by atoms with E-state index in [0.717, 1.165) is 0 Å². The van der Waals surface area contributed by atoms with Crippen LogP contribution in [0.1, 0.15) is 13.3 Å². The summed E-state index contributed by atoms with van der Waals surface area (Å²) in [5.41, 5.74) is 0.644. The molecule has 0 radical (unpaired) electrons. The fourth-order valence-corrected chi connectivity index (χ4v) is 2.14. The number of ether oxygens (including phenoxy) is 2. The number of nitrogens with one attached hydrogen (secondary N) is 1. The Hall–Kier alpha value is -2.20. The molecule has 1 N–H and O–H groups in total. The molecule has 0 fully saturated rings. The molecule has 0 saturated heterocycles. The van der Waals surface area contributed by atoms with E-state index in [9.17, 15) is 4.79 Å². The second-order valence-electron chi connectivity index (χ2n) is 4.69. The number of amides is 1. The molecule has 2 aromatic rings. The standard InChI is InChI=1S/C17H18ClNO3/c1-3-16(22-15-9-5-8-14(11-15)21-2)17(20)19-13-7-4-6-12(18)10-13/h4-11,16H,3H2,1-2H3,(H,19,20). The lowest BCUT2D eigenvalue weighted by Crippen LogP contribution is -2.32. The van der Waals surface area contributed by atoms with Gasteiger partial charge in [-0.25, -0.2) is 0 Å². The Morgan fingerprint density at radius 2 is 1.91 bits per heavy atom. The molecule has 1 amide bonds. The van der Waals surface area contributed by atoms with E-state index in [2.05, 4.69) is 5.32 Å². The average molecular weight is 320 g/mol. The average Bonchev–Trinajstić information content (AvgIpc) is 2.52. The van der Waals surface area contributed by atoms with E-state index < -0.39 is 6.10 Å². The zero-order valence-electron chi connectivity index (χ0n) is 12.5. The molecule has 0 spiro atoms. The van der Waals surface area contributed by atoms with Crippen LogP contribution in [0, 0.1) is 0 Å². The molecule has 0 aliphatic heterocycles. The maximum absolute atomic E-state index is 12.3. The van der Waals surface area contributed by atoms with E-state index in [1.807, 2.05) is 19.1 Å². The summed E-state index contributed by atoms with van der Waals surface area (Å²) in [7, 11) is 1.59. The van der Waals surface area contributed by atoms with Crippen molar-refractivity contribution in [2.45, 2.75) is 19.4 Å². The third-order valence-corrected chi connectivity index (χ3v) is 3.31. The molecule has 4 nitrogen and oxygen atoms in total. The SMILES string of the molecule is CCC(Oc1cccc(OC)c1)C(=O)Nc1cccc(Cl)c1. The minimum absolute atomic E-state index is 0.215. The van der Waals surface area contributed by atoms with Gasteiger partial charge in [-0.15, -0.1) is 0 Å². The third kappa shape index (κ3) is 4.40. The summed E-state index contributed by atoms with van der Waals surface area (Å²) in [6.45, 7) is 1.89. The molecule has 0 heterocycles. The Morgan fingerprint density at radius 3 is 2.59 bits per heavy atom. The first-order chi connectivity index (χ1) is 10.6. The van der Waals surface area contributed by atoms with Gasteiger partial charge >= 0.3 is 0 Å². The van der Waals surface area contributed by atoms with Gasteiger partial charge in [0.05, 0.1) is 7.11 Å². The molecular formula is C17H18ClNO3. The van der Waals surface area contributed by atoms with E-state index in [0.29, 0.717) is 28.6 Å². The fourth-order valence-electron chi connectivity index (χ4n) is 1.95. The number of hydrogen-bond donors (Lipinski definition) is 1. The van der Waals surface area contributed by atoms with Gasteiger partial charge in [0.25, 0.3) is 5.91 Å². The predicted octanol–water partition coefficient (Wildman–Crippen LogP) is 4.14. The molecule has 116 valence electrons. The Labute approximate surface area is 135 Å². The number of carbonyl (C=O) groups is 1. The zero-order valence-corrected chi connectivity index (χ0v) is 13.3. The summed E-state index contributed by atoms with van der Waals surface area (Å²) in [5, 5.41) is 3.37. The number of benzene rings is 2. The van der Waals surface area contributed by atoms with Crippen LogP contribution in [-0.2, 0) is 4.79 Å². The van der Waals surface area contributed by atoms with Crippen molar-refractivity contribution in [2.24, 2.45) is 0 Å². The summed E-state index contributed by atoms with van der Waals surface area (Å²) in [5.74, 6) is 1.06. The Balaban J connectivity index is 2.05. The van der Waals surface area contributed by atoms with Crippen molar-refractivity contribution in [3.8, 4) is 11.5 Å². The number of hydrogen-bond acceptors (Lipinski definition) is 3. The summed E-state index contributed by atoms with van der Waals surface area (Å²) < 4.78 is 10.9.